The molecule has 38 heavy (non-hydrogen) atoms. The van der Waals surface area contributed by atoms with E-state index in [1.807, 2.05) is 38.1 Å². The first kappa shape index (κ1) is 31.0. The molecule has 0 fully saturated rings. The lowest BCUT2D eigenvalue weighted by Gasteiger charge is -2.29. The Morgan fingerprint density at radius 2 is 1.71 bits per heavy atom. The fourth-order valence-corrected chi connectivity index (χ4v) is 4.94. The van der Waals surface area contributed by atoms with Crippen molar-refractivity contribution in [3.63, 3.8) is 0 Å². The van der Waals surface area contributed by atoms with E-state index in [-0.39, 0.29) is 37.7 Å². The Morgan fingerprint density at radius 1 is 1.03 bits per heavy atom. The summed E-state index contributed by atoms with van der Waals surface area (Å²) < 4.78 is 37.4. The van der Waals surface area contributed by atoms with Gasteiger partial charge in [-0.05, 0) is 56.5 Å². The number of nitrogens with one attached hydrogen (secondary N) is 1. The van der Waals surface area contributed by atoms with Crippen LogP contribution in [0, 0.1) is 0 Å². The van der Waals surface area contributed by atoms with Crippen molar-refractivity contribution in [2.24, 2.45) is 0 Å². The van der Waals surface area contributed by atoms with E-state index in [4.69, 9.17) is 9.47 Å². The summed E-state index contributed by atoms with van der Waals surface area (Å²) in [4.78, 5) is 27.8. The summed E-state index contributed by atoms with van der Waals surface area (Å²) in [5, 5.41) is 2.90. The molecule has 2 aromatic rings. The second kappa shape index (κ2) is 15.2. The van der Waals surface area contributed by atoms with Crippen molar-refractivity contribution in [2.75, 3.05) is 37.4 Å². The molecule has 0 heterocycles. The number of ether oxygens (including phenoxy) is 2. The monoisotopic (exact) mass is 547 g/mol. The molecule has 2 aromatic carbocycles. The first-order chi connectivity index (χ1) is 18.1. The highest BCUT2D eigenvalue weighted by Gasteiger charge is 2.27. The van der Waals surface area contributed by atoms with E-state index in [1.54, 1.807) is 43.2 Å². The number of nitrogens with zero attached hydrogens (tertiary/aromatic N) is 2. The summed E-state index contributed by atoms with van der Waals surface area (Å²) in [5.41, 5.74) is 1.29. The summed E-state index contributed by atoms with van der Waals surface area (Å²) in [6.07, 6.45) is 3.29. The van der Waals surface area contributed by atoms with Crippen LogP contribution >= 0.6 is 0 Å². The fraction of sp³-hybridized carbons (Fsp3) is 0.500. The lowest BCUT2D eigenvalue weighted by molar-refractivity contribution is -0.140. The number of carbonyl (C=O) groups is 2. The van der Waals surface area contributed by atoms with Gasteiger partial charge in [-0.2, -0.15) is 0 Å². The number of anilines is 1. The van der Waals surface area contributed by atoms with Crippen molar-refractivity contribution in [3.05, 3.63) is 54.1 Å². The molecule has 1 N–H and O–H groups in total. The number of hydrogen-bond donors (Lipinski definition) is 1. The van der Waals surface area contributed by atoms with E-state index < -0.39 is 16.1 Å². The van der Waals surface area contributed by atoms with Gasteiger partial charge in [0.25, 0.3) is 0 Å². The van der Waals surface area contributed by atoms with Crippen LogP contribution in [0.4, 0.5) is 5.69 Å². The van der Waals surface area contributed by atoms with Gasteiger partial charge in [-0.25, -0.2) is 8.42 Å². The van der Waals surface area contributed by atoms with Crippen molar-refractivity contribution < 1.29 is 27.5 Å². The predicted molar refractivity (Wildman–Crippen MR) is 150 cm³/mol. The number of para-hydroxylation sites is 2. The maximum Gasteiger partial charge on any atom is 0.242 e. The number of rotatable bonds is 16. The van der Waals surface area contributed by atoms with Gasteiger partial charge in [-0.15, -0.1) is 0 Å². The molecule has 9 nitrogen and oxygen atoms in total. The number of benzene rings is 2. The Hall–Kier alpha value is -3.27. The van der Waals surface area contributed by atoms with Gasteiger partial charge >= 0.3 is 0 Å². The molecule has 0 saturated heterocycles. The van der Waals surface area contributed by atoms with Gasteiger partial charge < -0.3 is 19.7 Å². The molecule has 10 heteroatoms. The zero-order chi connectivity index (χ0) is 28.1. The Kier molecular flexibility index (Phi) is 12.4. The first-order valence-electron chi connectivity index (χ1n) is 13.0. The highest BCUT2D eigenvalue weighted by molar-refractivity contribution is 7.92. The molecule has 1 atom stereocenters. The van der Waals surface area contributed by atoms with Gasteiger partial charge in [-0.1, -0.05) is 37.6 Å². The van der Waals surface area contributed by atoms with Gasteiger partial charge in [0.1, 0.15) is 17.5 Å². The van der Waals surface area contributed by atoms with E-state index in [0.29, 0.717) is 30.3 Å². The SMILES string of the molecule is CCCCNC(=O)C(C)N(Cc1ccc(OC)cc1)C(=O)CCCN(c1ccccc1OCC)S(C)(=O)=O. The van der Waals surface area contributed by atoms with Crippen LogP contribution in [-0.2, 0) is 26.2 Å². The van der Waals surface area contributed by atoms with Gasteiger partial charge in [0.05, 0.1) is 25.7 Å². The molecule has 1 unspecified atom stereocenters. The molecular formula is C28H41N3O6S. The van der Waals surface area contributed by atoms with Gasteiger partial charge in [0.2, 0.25) is 21.8 Å². The smallest absolute Gasteiger partial charge is 0.242 e. The molecule has 2 amide bonds. The molecule has 0 aliphatic rings. The van der Waals surface area contributed by atoms with Gasteiger partial charge in [0, 0.05) is 26.1 Å². The second-order valence-electron chi connectivity index (χ2n) is 9.03. The van der Waals surface area contributed by atoms with Crippen LogP contribution in [0.2, 0.25) is 0 Å². The molecule has 0 bridgehead atoms. The number of methoxy groups -OCH3 is 1. The third-order valence-corrected chi connectivity index (χ3v) is 7.27. The average molecular weight is 548 g/mol. The van der Waals surface area contributed by atoms with E-state index in [1.165, 1.54) is 4.31 Å². The van der Waals surface area contributed by atoms with Crippen LogP contribution in [0.5, 0.6) is 11.5 Å². The summed E-state index contributed by atoms with van der Waals surface area (Å²) in [6, 6.07) is 13.6. The number of sulfonamides is 1. The minimum Gasteiger partial charge on any atom is -0.497 e. The number of carbonyl (C=O) groups excluding carboxylic acids is 2. The van der Waals surface area contributed by atoms with Crippen LogP contribution in [-0.4, -0.2) is 64.2 Å². The largest absolute Gasteiger partial charge is 0.497 e. The molecule has 0 radical (unpaired) electrons. The maximum absolute atomic E-state index is 13.4. The number of hydrogen-bond acceptors (Lipinski definition) is 6. The van der Waals surface area contributed by atoms with Crippen molar-refractivity contribution >= 4 is 27.5 Å². The molecular weight excluding hydrogens is 506 g/mol. The maximum atomic E-state index is 13.4. The van der Waals surface area contributed by atoms with Crippen LogP contribution in [0.25, 0.3) is 0 Å². The minimum atomic E-state index is -3.62. The quantitative estimate of drug-likeness (QED) is 0.319. The van der Waals surface area contributed by atoms with Crippen LogP contribution < -0.4 is 19.1 Å². The first-order valence-corrected chi connectivity index (χ1v) is 14.9. The minimum absolute atomic E-state index is 0.0750. The van der Waals surface area contributed by atoms with E-state index in [2.05, 4.69) is 5.32 Å². The van der Waals surface area contributed by atoms with E-state index in [9.17, 15) is 18.0 Å². The van der Waals surface area contributed by atoms with Crippen molar-refractivity contribution in [1.82, 2.24) is 10.2 Å². The lowest BCUT2D eigenvalue weighted by Crippen LogP contribution is -2.48. The molecule has 210 valence electrons. The lowest BCUT2D eigenvalue weighted by atomic mass is 10.1. The third-order valence-electron chi connectivity index (χ3n) is 6.09. The Labute approximate surface area is 227 Å². The Balaban J connectivity index is 2.19. The van der Waals surface area contributed by atoms with Crippen LogP contribution in [0.1, 0.15) is 52.0 Å². The molecule has 0 aliphatic heterocycles. The van der Waals surface area contributed by atoms with E-state index in [0.717, 1.165) is 24.7 Å². The fourth-order valence-electron chi connectivity index (χ4n) is 3.97. The normalized spacial score (nSPS) is 11.9. The molecule has 0 aromatic heterocycles. The summed E-state index contributed by atoms with van der Waals surface area (Å²) >= 11 is 0. The summed E-state index contributed by atoms with van der Waals surface area (Å²) in [5.74, 6) is 0.713. The zero-order valence-electron chi connectivity index (χ0n) is 23.1. The average Bonchev–Trinajstić information content (AvgIpc) is 2.89. The Bertz CT molecular complexity index is 1140. The topological polar surface area (TPSA) is 105 Å². The second-order valence-corrected chi connectivity index (χ2v) is 10.9. The highest BCUT2D eigenvalue weighted by atomic mass is 32.2. The van der Waals surface area contributed by atoms with Crippen LogP contribution in [0.15, 0.2) is 48.5 Å². The van der Waals surface area contributed by atoms with Gasteiger partial charge in [0.15, 0.2) is 0 Å². The van der Waals surface area contributed by atoms with E-state index >= 15 is 0 Å². The molecule has 2 rings (SSSR count). The number of unbranched alkanes of at least 4 members (excludes halogenated alkanes) is 1. The van der Waals surface area contributed by atoms with Gasteiger partial charge in [-0.3, -0.25) is 13.9 Å². The summed E-state index contributed by atoms with van der Waals surface area (Å²) in [7, 11) is -2.04. The molecule has 0 saturated carbocycles. The molecule has 0 spiro atoms. The van der Waals surface area contributed by atoms with Crippen molar-refractivity contribution in [3.8, 4) is 11.5 Å². The Morgan fingerprint density at radius 3 is 2.32 bits per heavy atom. The zero-order valence-corrected chi connectivity index (χ0v) is 23.9. The van der Waals surface area contributed by atoms with Crippen molar-refractivity contribution in [1.29, 1.82) is 0 Å². The van der Waals surface area contributed by atoms with Crippen LogP contribution in [0.3, 0.4) is 0 Å². The standard InChI is InChI=1S/C28H41N3O6S/c1-6-8-19-29-28(33)22(3)30(21-23-15-17-24(36-4)18-16-23)27(32)14-11-20-31(38(5,34)35)25-12-9-10-13-26(25)37-7-2/h9-10,12-13,15-18,22H,6-8,11,14,19-21H2,1-5H3,(H,29,33). The summed E-state index contributed by atoms with van der Waals surface area (Å²) in [6.45, 7) is 6.87. The third kappa shape index (κ3) is 9.24. The highest BCUT2D eigenvalue weighted by Crippen LogP contribution is 2.30. The molecule has 0 aliphatic carbocycles. The number of amides is 2. The predicted octanol–water partition coefficient (Wildman–Crippen LogP) is 3.97. The van der Waals surface area contributed by atoms with Crippen molar-refractivity contribution in [2.45, 2.75) is 59.0 Å².